The molecule has 0 N–H and O–H groups in total. The number of nitro groups is 1. The number of halogens is 1. The predicted octanol–water partition coefficient (Wildman–Crippen LogP) is 6.77. The van der Waals surface area contributed by atoms with Gasteiger partial charge in [-0.2, -0.15) is 10.1 Å². The molecule has 1 aliphatic heterocycles. The number of nitrogens with zero attached hydrogens (tertiary/aromatic N) is 3. The van der Waals surface area contributed by atoms with Crippen molar-refractivity contribution in [2.75, 3.05) is 5.01 Å². The second-order valence-corrected chi connectivity index (χ2v) is 9.16. The van der Waals surface area contributed by atoms with Crippen LogP contribution in [-0.2, 0) is 11.4 Å². The maximum Gasteiger partial charge on any atom is 0.281 e. The number of carbonyl (C=O) groups excluding carboxylic acids is 1. The first-order valence-corrected chi connectivity index (χ1v) is 12.2. The summed E-state index contributed by atoms with van der Waals surface area (Å²) in [5, 5.41) is 16.9. The molecule has 37 heavy (non-hydrogen) atoms. The fraction of sp³-hybridized carbons (Fsp3) is 0.0345. The Labute approximate surface area is 221 Å². The molecule has 0 aromatic heterocycles. The molecule has 182 valence electrons. The average Bonchev–Trinajstić information content (AvgIpc) is 3.25. The van der Waals surface area contributed by atoms with E-state index in [4.69, 9.17) is 4.74 Å². The zero-order valence-electron chi connectivity index (χ0n) is 19.5. The summed E-state index contributed by atoms with van der Waals surface area (Å²) in [6.45, 7) is 0.446. The summed E-state index contributed by atoms with van der Waals surface area (Å²) in [7, 11) is 0. The highest BCUT2D eigenvalue weighted by Gasteiger charge is 2.32. The molecule has 5 rings (SSSR count). The van der Waals surface area contributed by atoms with E-state index in [2.05, 4.69) is 21.0 Å². The summed E-state index contributed by atoms with van der Waals surface area (Å²) in [4.78, 5) is 24.0. The fourth-order valence-corrected chi connectivity index (χ4v) is 4.08. The Morgan fingerprint density at radius 3 is 2.22 bits per heavy atom. The Morgan fingerprint density at radius 1 is 0.892 bits per heavy atom. The van der Waals surface area contributed by atoms with E-state index in [1.165, 1.54) is 29.3 Å². The molecule has 4 aromatic carbocycles. The van der Waals surface area contributed by atoms with Crippen LogP contribution in [0.5, 0.6) is 5.75 Å². The number of anilines is 1. The van der Waals surface area contributed by atoms with Gasteiger partial charge in [0.2, 0.25) is 0 Å². The first-order valence-electron chi connectivity index (χ1n) is 11.4. The molecular weight excluding hydrogens is 534 g/mol. The summed E-state index contributed by atoms with van der Waals surface area (Å²) in [5.74, 6) is 0.399. The summed E-state index contributed by atoms with van der Waals surface area (Å²) >= 11 is 3.43. The smallest absolute Gasteiger partial charge is 0.281 e. The van der Waals surface area contributed by atoms with Crippen LogP contribution in [0.3, 0.4) is 0 Å². The number of amides is 1. The molecule has 0 saturated heterocycles. The molecule has 8 heteroatoms. The lowest BCUT2D eigenvalue weighted by Gasteiger charge is -2.11. The molecule has 0 fully saturated rings. The summed E-state index contributed by atoms with van der Waals surface area (Å²) in [6.07, 6.45) is 1.79. The second-order valence-electron chi connectivity index (χ2n) is 8.25. The first kappa shape index (κ1) is 24.1. The van der Waals surface area contributed by atoms with E-state index >= 15 is 0 Å². The van der Waals surface area contributed by atoms with E-state index in [1.54, 1.807) is 6.08 Å². The molecular formula is C29H20BrN3O4. The fourth-order valence-electron chi connectivity index (χ4n) is 3.82. The van der Waals surface area contributed by atoms with E-state index in [1.807, 2.05) is 78.9 Å². The van der Waals surface area contributed by atoms with Crippen LogP contribution >= 0.6 is 15.9 Å². The van der Waals surface area contributed by atoms with E-state index in [0.29, 0.717) is 29.3 Å². The van der Waals surface area contributed by atoms with E-state index in [9.17, 15) is 14.9 Å². The third-order valence-corrected chi connectivity index (χ3v) is 6.27. The summed E-state index contributed by atoms with van der Waals surface area (Å²) in [5.41, 5.74) is 4.01. The van der Waals surface area contributed by atoms with Crippen molar-refractivity contribution in [3.05, 3.63) is 140 Å². The topological polar surface area (TPSA) is 85.0 Å². The minimum atomic E-state index is -0.480. The van der Waals surface area contributed by atoms with Gasteiger partial charge in [-0.05, 0) is 53.6 Å². The lowest BCUT2D eigenvalue weighted by atomic mass is 10.0. The molecule has 0 saturated carbocycles. The zero-order valence-corrected chi connectivity index (χ0v) is 21.0. The average molecular weight is 554 g/mol. The quantitative estimate of drug-likeness (QED) is 0.143. The number of hydrogen-bond donors (Lipinski definition) is 0. The third-order valence-electron chi connectivity index (χ3n) is 5.74. The lowest BCUT2D eigenvalue weighted by molar-refractivity contribution is -0.384. The van der Waals surface area contributed by atoms with Gasteiger partial charge >= 0.3 is 0 Å². The molecule has 0 radical (unpaired) electrons. The van der Waals surface area contributed by atoms with Crippen LogP contribution in [0.25, 0.3) is 6.08 Å². The highest BCUT2D eigenvalue weighted by molar-refractivity contribution is 9.10. The highest BCUT2D eigenvalue weighted by atomic mass is 79.9. The molecule has 7 nitrogen and oxygen atoms in total. The normalized spacial score (nSPS) is 14.1. The highest BCUT2D eigenvalue weighted by Crippen LogP contribution is 2.29. The number of hydrogen-bond acceptors (Lipinski definition) is 5. The molecule has 1 heterocycles. The first-order chi connectivity index (χ1) is 18.0. The van der Waals surface area contributed by atoms with Crippen molar-refractivity contribution < 1.29 is 14.5 Å². The number of rotatable bonds is 7. The van der Waals surface area contributed by atoms with Gasteiger partial charge in [-0.3, -0.25) is 14.9 Å². The van der Waals surface area contributed by atoms with Gasteiger partial charge < -0.3 is 4.74 Å². The van der Waals surface area contributed by atoms with Crippen LogP contribution in [0.4, 0.5) is 11.4 Å². The Hall–Kier alpha value is -4.56. The van der Waals surface area contributed by atoms with Crippen LogP contribution in [0.1, 0.15) is 16.7 Å². The van der Waals surface area contributed by atoms with Gasteiger partial charge in [0, 0.05) is 22.2 Å². The number of carbonyl (C=O) groups is 1. The van der Waals surface area contributed by atoms with E-state index < -0.39 is 4.92 Å². The minimum absolute atomic E-state index is 0.0548. The SMILES string of the molecule is O=C1/C(=C/c2ccc(OCc3ccc(Br)cc3)cc2)C(c2ccccc2)=NN1c1ccc([N+](=O)[O-])cc1. The second kappa shape index (κ2) is 10.6. The molecule has 0 aliphatic carbocycles. The molecule has 1 aliphatic rings. The lowest BCUT2D eigenvalue weighted by Crippen LogP contribution is -2.21. The van der Waals surface area contributed by atoms with Gasteiger partial charge in [0.1, 0.15) is 18.1 Å². The number of hydrazone groups is 1. The van der Waals surface area contributed by atoms with Crippen molar-refractivity contribution in [2.24, 2.45) is 5.10 Å². The number of non-ortho nitro benzene ring substituents is 1. The van der Waals surface area contributed by atoms with E-state index in [0.717, 1.165) is 21.2 Å². The van der Waals surface area contributed by atoms with Crippen molar-refractivity contribution in [2.45, 2.75) is 6.61 Å². The maximum atomic E-state index is 13.4. The van der Waals surface area contributed by atoms with Crippen molar-refractivity contribution in [1.82, 2.24) is 0 Å². The van der Waals surface area contributed by atoms with Crippen molar-refractivity contribution in [1.29, 1.82) is 0 Å². The molecule has 0 spiro atoms. The van der Waals surface area contributed by atoms with Crippen molar-refractivity contribution in [3.8, 4) is 5.75 Å². The van der Waals surface area contributed by atoms with Crippen molar-refractivity contribution >= 4 is 45.0 Å². The zero-order chi connectivity index (χ0) is 25.8. The molecule has 1 amide bonds. The van der Waals surface area contributed by atoms with Crippen molar-refractivity contribution in [3.63, 3.8) is 0 Å². The van der Waals surface area contributed by atoms with E-state index in [-0.39, 0.29) is 11.6 Å². The Balaban J connectivity index is 1.40. The molecule has 0 atom stereocenters. The Kier molecular flexibility index (Phi) is 6.91. The van der Waals surface area contributed by atoms with Gasteiger partial charge in [-0.25, -0.2) is 0 Å². The summed E-state index contributed by atoms with van der Waals surface area (Å²) in [6, 6.07) is 30.6. The van der Waals surface area contributed by atoms with Gasteiger partial charge in [-0.1, -0.05) is 70.5 Å². The Morgan fingerprint density at radius 2 is 1.57 bits per heavy atom. The van der Waals surface area contributed by atoms with Crippen LogP contribution in [0.2, 0.25) is 0 Å². The third kappa shape index (κ3) is 5.49. The van der Waals surface area contributed by atoms with Gasteiger partial charge in [-0.15, -0.1) is 0 Å². The van der Waals surface area contributed by atoms with Gasteiger partial charge in [0.25, 0.3) is 11.6 Å². The largest absolute Gasteiger partial charge is 0.489 e. The Bertz CT molecular complexity index is 1500. The van der Waals surface area contributed by atoms with Gasteiger partial charge in [0.05, 0.1) is 16.2 Å². The number of ether oxygens (including phenoxy) is 1. The van der Waals surface area contributed by atoms with Gasteiger partial charge in [0.15, 0.2) is 0 Å². The van der Waals surface area contributed by atoms with Crippen LogP contribution in [-0.4, -0.2) is 16.5 Å². The number of nitro benzene ring substituents is 1. The van der Waals surface area contributed by atoms with Crippen LogP contribution < -0.4 is 9.75 Å². The predicted molar refractivity (Wildman–Crippen MR) is 146 cm³/mol. The van der Waals surface area contributed by atoms with Crippen LogP contribution in [0, 0.1) is 10.1 Å². The monoisotopic (exact) mass is 553 g/mol. The summed E-state index contributed by atoms with van der Waals surface area (Å²) < 4.78 is 6.90. The standard InChI is InChI=1S/C29H20BrN3O4/c30-23-10-6-21(7-11-23)19-37-26-16-8-20(9-17-26)18-27-28(22-4-2-1-3-5-22)31-32(29(27)34)24-12-14-25(15-13-24)33(35)36/h1-18H,19H2/b27-18+. The maximum absolute atomic E-state index is 13.4. The minimum Gasteiger partial charge on any atom is -0.489 e. The molecule has 0 bridgehead atoms. The van der Waals surface area contributed by atoms with Crippen LogP contribution in [0.15, 0.2) is 118 Å². The number of benzene rings is 4. The molecule has 4 aromatic rings. The molecule has 0 unspecified atom stereocenters.